The number of hydrogen-bond acceptors (Lipinski definition) is 2. The van der Waals surface area contributed by atoms with E-state index in [1.807, 2.05) is 19.9 Å². The van der Waals surface area contributed by atoms with Crippen LogP contribution >= 0.6 is 0 Å². The molecule has 0 aromatic carbocycles. The third-order valence-electron chi connectivity index (χ3n) is 2.77. The van der Waals surface area contributed by atoms with Crippen LogP contribution in [0.15, 0.2) is 12.2 Å². The summed E-state index contributed by atoms with van der Waals surface area (Å²) in [5, 5.41) is -0.215. The van der Waals surface area contributed by atoms with Crippen LogP contribution in [0.2, 0.25) is 0 Å². The molecule has 0 aromatic heterocycles. The number of hydrogen-bond donors (Lipinski definition) is 0. The van der Waals surface area contributed by atoms with Gasteiger partial charge in [0.25, 0.3) is 0 Å². The molecule has 0 aliphatic heterocycles. The van der Waals surface area contributed by atoms with Crippen LogP contribution in [0, 0.1) is 0 Å². The molecule has 0 amide bonds. The minimum atomic E-state index is -3.07. The fourth-order valence-electron chi connectivity index (χ4n) is 1.66. The fraction of sp³-hybridized carbons (Fsp3) is 0.833. The molecule has 1 unspecified atom stereocenters. The summed E-state index contributed by atoms with van der Waals surface area (Å²) in [7, 11) is 0.151. The number of unbranched alkanes of at least 4 members (excludes halogenated alkanes) is 2. The maximum absolute atomic E-state index is 11.9. The smallest absolute Gasteiger partial charge is 0.212 e. The summed E-state index contributed by atoms with van der Waals surface area (Å²) < 4.78 is 25.1. The van der Waals surface area contributed by atoms with Gasteiger partial charge in [-0.1, -0.05) is 25.5 Å². The van der Waals surface area contributed by atoms with Gasteiger partial charge in [-0.3, -0.25) is 0 Å². The first-order valence-corrected chi connectivity index (χ1v) is 7.49. The quantitative estimate of drug-likeness (QED) is 0.488. The lowest BCUT2D eigenvalue weighted by molar-refractivity contribution is 0.490. The Balaban J connectivity index is 4.12. The average Bonchev–Trinajstić information content (AvgIpc) is 2.22. The molecule has 3 nitrogen and oxygen atoms in total. The first-order valence-electron chi connectivity index (χ1n) is 5.99. The molecule has 0 rings (SSSR count). The van der Waals surface area contributed by atoms with Crippen LogP contribution in [0.3, 0.4) is 0 Å². The van der Waals surface area contributed by atoms with E-state index in [1.165, 1.54) is 4.31 Å². The predicted octanol–water partition coefficient (Wildman–Crippen LogP) is 2.79. The van der Waals surface area contributed by atoms with Gasteiger partial charge in [-0.15, -0.1) is 0 Å². The standard InChI is InChI=1S/C12H25NO2S/c1-5-7-8-9-10-11-12(6-2)16(14,15)13(3)4/h5,7,12H,6,8-11H2,1-4H3. The molecule has 16 heavy (non-hydrogen) atoms. The summed E-state index contributed by atoms with van der Waals surface area (Å²) in [6.07, 6.45) is 8.74. The SMILES string of the molecule is CC=CCCCCC(CC)S(=O)(=O)N(C)C. The van der Waals surface area contributed by atoms with Gasteiger partial charge >= 0.3 is 0 Å². The maximum atomic E-state index is 11.9. The average molecular weight is 247 g/mol. The molecule has 1 atom stereocenters. The van der Waals surface area contributed by atoms with Crippen LogP contribution in [0.5, 0.6) is 0 Å². The van der Waals surface area contributed by atoms with Crippen molar-refractivity contribution in [2.45, 2.75) is 51.2 Å². The van der Waals surface area contributed by atoms with Crippen LogP contribution in [0.25, 0.3) is 0 Å². The Morgan fingerprint density at radius 2 is 1.88 bits per heavy atom. The van der Waals surface area contributed by atoms with Gasteiger partial charge < -0.3 is 0 Å². The van der Waals surface area contributed by atoms with Crippen LogP contribution < -0.4 is 0 Å². The van der Waals surface area contributed by atoms with E-state index in [1.54, 1.807) is 14.1 Å². The van der Waals surface area contributed by atoms with Gasteiger partial charge in [0.15, 0.2) is 0 Å². The molecule has 0 N–H and O–H groups in total. The third-order valence-corrected chi connectivity index (χ3v) is 5.20. The van der Waals surface area contributed by atoms with E-state index in [2.05, 4.69) is 6.08 Å². The minimum absolute atomic E-state index is 0.215. The Hall–Kier alpha value is -0.350. The molecule has 0 spiro atoms. The Morgan fingerprint density at radius 3 is 2.31 bits per heavy atom. The molecule has 0 saturated carbocycles. The molecule has 0 fully saturated rings. The molecule has 96 valence electrons. The molecular formula is C12H25NO2S. The molecular weight excluding hydrogens is 222 g/mol. The van der Waals surface area contributed by atoms with Crippen molar-refractivity contribution in [1.82, 2.24) is 4.31 Å². The Morgan fingerprint density at radius 1 is 1.25 bits per heavy atom. The van der Waals surface area contributed by atoms with Crippen molar-refractivity contribution in [3.8, 4) is 0 Å². The normalized spacial score (nSPS) is 14.8. The highest BCUT2D eigenvalue weighted by Gasteiger charge is 2.25. The first-order chi connectivity index (χ1) is 7.46. The zero-order chi connectivity index (χ0) is 12.6. The molecule has 0 bridgehead atoms. The van der Waals surface area contributed by atoms with Crippen LogP contribution in [0.4, 0.5) is 0 Å². The monoisotopic (exact) mass is 247 g/mol. The van der Waals surface area contributed by atoms with Gasteiger partial charge in [0.05, 0.1) is 5.25 Å². The lowest BCUT2D eigenvalue weighted by Gasteiger charge is -2.20. The van der Waals surface area contributed by atoms with Crippen molar-refractivity contribution in [3.05, 3.63) is 12.2 Å². The van der Waals surface area contributed by atoms with E-state index in [0.717, 1.165) is 25.7 Å². The topological polar surface area (TPSA) is 37.4 Å². The van der Waals surface area contributed by atoms with Gasteiger partial charge in [0.2, 0.25) is 10.0 Å². The molecule has 0 aromatic rings. The summed E-state index contributed by atoms with van der Waals surface area (Å²) in [5.41, 5.74) is 0. The van der Waals surface area contributed by atoms with E-state index in [0.29, 0.717) is 6.42 Å². The van der Waals surface area contributed by atoms with Crippen molar-refractivity contribution < 1.29 is 8.42 Å². The van der Waals surface area contributed by atoms with Gasteiger partial charge in [0, 0.05) is 14.1 Å². The van der Waals surface area contributed by atoms with Crippen molar-refractivity contribution >= 4 is 10.0 Å². The minimum Gasteiger partial charge on any atom is -0.212 e. The van der Waals surface area contributed by atoms with Crippen molar-refractivity contribution in [1.29, 1.82) is 0 Å². The van der Waals surface area contributed by atoms with Crippen LogP contribution in [0.1, 0.15) is 46.0 Å². The third kappa shape index (κ3) is 5.12. The predicted molar refractivity (Wildman–Crippen MR) is 70.0 cm³/mol. The zero-order valence-electron chi connectivity index (χ0n) is 10.9. The van der Waals surface area contributed by atoms with E-state index in [4.69, 9.17) is 0 Å². The summed E-state index contributed by atoms with van der Waals surface area (Å²) in [5.74, 6) is 0. The van der Waals surface area contributed by atoms with Crippen molar-refractivity contribution in [3.63, 3.8) is 0 Å². The molecule has 4 heteroatoms. The molecule has 0 saturated heterocycles. The van der Waals surface area contributed by atoms with Gasteiger partial charge in [0.1, 0.15) is 0 Å². The molecule has 0 radical (unpaired) electrons. The summed E-state index contributed by atoms with van der Waals surface area (Å²) in [6, 6.07) is 0. The van der Waals surface area contributed by atoms with Crippen LogP contribution in [-0.4, -0.2) is 32.1 Å². The number of sulfonamides is 1. The summed E-state index contributed by atoms with van der Waals surface area (Å²) in [6.45, 7) is 3.95. The number of rotatable bonds is 8. The second-order valence-electron chi connectivity index (χ2n) is 4.21. The first kappa shape index (κ1) is 15.7. The second-order valence-corrected chi connectivity index (χ2v) is 6.64. The van der Waals surface area contributed by atoms with Crippen molar-refractivity contribution in [2.75, 3.05) is 14.1 Å². The van der Waals surface area contributed by atoms with E-state index in [9.17, 15) is 8.42 Å². The molecule has 0 heterocycles. The highest BCUT2D eigenvalue weighted by atomic mass is 32.2. The van der Waals surface area contributed by atoms with Crippen molar-refractivity contribution in [2.24, 2.45) is 0 Å². The maximum Gasteiger partial charge on any atom is 0.216 e. The summed E-state index contributed by atoms with van der Waals surface area (Å²) in [4.78, 5) is 0. The summed E-state index contributed by atoms with van der Waals surface area (Å²) >= 11 is 0. The fourth-order valence-corrected chi connectivity index (χ4v) is 3.14. The van der Waals surface area contributed by atoms with Crippen LogP contribution in [-0.2, 0) is 10.0 Å². The zero-order valence-corrected chi connectivity index (χ0v) is 11.8. The second kappa shape index (κ2) is 7.85. The Kier molecular flexibility index (Phi) is 7.68. The van der Waals surface area contributed by atoms with E-state index < -0.39 is 10.0 Å². The molecule has 0 aliphatic carbocycles. The lowest BCUT2D eigenvalue weighted by atomic mass is 10.1. The van der Waals surface area contributed by atoms with E-state index in [-0.39, 0.29) is 5.25 Å². The Labute approximate surface area is 101 Å². The largest absolute Gasteiger partial charge is 0.216 e. The highest BCUT2D eigenvalue weighted by molar-refractivity contribution is 7.89. The van der Waals surface area contributed by atoms with Gasteiger partial charge in [-0.25, -0.2) is 12.7 Å². The molecule has 0 aliphatic rings. The number of allylic oxidation sites excluding steroid dienone is 2. The lowest BCUT2D eigenvalue weighted by Crippen LogP contribution is -2.33. The van der Waals surface area contributed by atoms with E-state index >= 15 is 0 Å². The Bertz CT molecular complexity index is 294. The number of nitrogens with zero attached hydrogens (tertiary/aromatic N) is 1. The highest BCUT2D eigenvalue weighted by Crippen LogP contribution is 2.16. The van der Waals surface area contributed by atoms with Gasteiger partial charge in [-0.05, 0) is 32.6 Å². The van der Waals surface area contributed by atoms with Gasteiger partial charge in [-0.2, -0.15) is 0 Å².